The number of halogens is 1. The summed E-state index contributed by atoms with van der Waals surface area (Å²) in [7, 11) is 0. The number of hydrogen-bond donors (Lipinski definition) is 1. The molecule has 0 radical (unpaired) electrons. The third-order valence-electron chi connectivity index (χ3n) is 3.79. The molecule has 1 saturated heterocycles. The van der Waals surface area contributed by atoms with Gasteiger partial charge in [0.25, 0.3) is 0 Å². The number of benzene rings is 1. The van der Waals surface area contributed by atoms with Crippen molar-refractivity contribution in [2.75, 3.05) is 19.6 Å². The zero-order valence-corrected chi connectivity index (χ0v) is 11.4. The van der Waals surface area contributed by atoms with E-state index in [1.807, 2.05) is 6.07 Å². The minimum Gasteiger partial charge on any atom is -0.314 e. The Labute approximate surface area is 109 Å². The molecule has 1 fully saturated rings. The van der Waals surface area contributed by atoms with Crippen molar-refractivity contribution >= 4 is 0 Å². The lowest BCUT2D eigenvalue weighted by atomic mass is 10.0. The summed E-state index contributed by atoms with van der Waals surface area (Å²) in [6, 6.07) is 5.75. The van der Waals surface area contributed by atoms with Crippen molar-refractivity contribution in [2.24, 2.45) is 0 Å². The Morgan fingerprint density at radius 1 is 1.33 bits per heavy atom. The first-order valence-electron chi connectivity index (χ1n) is 6.90. The van der Waals surface area contributed by atoms with E-state index in [4.69, 9.17) is 0 Å². The smallest absolute Gasteiger partial charge is 0.123 e. The molecule has 3 heteroatoms. The van der Waals surface area contributed by atoms with Crippen LogP contribution in [0.15, 0.2) is 18.2 Å². The van der Waals surface area contributed by atoms with Gasteiger partial charge in [-0.2, -0.15) is 0 Å². The Hall–Kier alpha value is -0.930. The number of nitrogens with zero attached hydrogens (tertiary/aromatic N) is 1. The average molecular weight is 250 g/mol. The molecule has 1 N–H and O–H groups in total. The Balaban J connectivity index is 1.89. The van der Waals surface area contributed by atoms with Gasteiger partial charge >= 0.3 is 0 Å². The first kappa shape index (κ1) is 13.5. The molecule has 0 atom stereocenters. The highest BCUT2D eigenvalue weighted by Gasteiger charge is 2.18. The molecule has 2 rings (SSSR count). The van der Waals surface area contributed by atoms with Crippen LogP contribution < -0.4 is 5.32 Å². The quantitative estimate of drug-likeness (QED) is 0.884. The van der Waals surface area contributed by atoms with Crippen molar-refractivity contribution < 1.29 is 4.39 Å². The van der Waals surface area contributed by atoms with Crippen LogP contribution in [0.3, 0.4) is 0 Å². The van der Waals surface area contributed by atoms with Gasteiger partial charge in [0.15, 0.2) is 0 Å². The minimum absolute atomic E-state index is 0.127. The molecular formula is C15H23FN2. The van der Waals surface area contributed by atoms with Gasteiger partial charge in [0.2, 0.25) is 0 Å². The highest BCUT2D eigenvalue weighted by molar-refractivity contribution is 5.26. The molecule has 0 amide bonds. The fourth-order valence-electron chi connectivity index (χ4n) is 2.64. The van der Waals surface area contributed by atoms with Gasteiger partial charge in [-0.15, -0.1) is 0 Å². The van der Waals surface area contributed by atoms with Crippen LogP contribution in [0, 0.1) is 12.7 Å². The van der Waals surface area contributed by atoms with E-state index in [1.165, 1.54) is 24.5 Å². The molecule has 0 aliphatic carbocycles. The molecule has 0 unspecified atom stereocenters. The van der Waals surface area contributed by atoms with Crippen molar-refractivity contribution in [2.45, 2.75) is 39.3 Å². The Morgan fingerprint density at radius 3 is 2.72 bits per heavy atom. The maximum Gasteiger partial charge on any atom is 0.123 e. The zero-order valence-electron chi connectivity index (χ0n) is 11.4. The van der Waals surface area contributed by atoms with Crippen LogP contribution >= 0.6 is 0 Å². The van der Waals surface area contributed by atoms with Crippen LogP contribution in [0.1, 0.15) is 30.9 Å². The van der Waals surface area contributed by atoms with Gasteiger partial charge < -0.3 is 5.32 Å². The van der Waals surface area contributed by atoms with Crippen LogP contribution in [-0.2, 0) is 6.54 Å². The minimum atomic E-state index is -0.127. The lowest BCUT2D eigenvalue weighted by Gasteiger charge is -2.32. The number of aryl methyl sites for hydroxylation is 1. The number of likely N-dealkylation sites (tertiary alicyclic amines) is 1. The van der Waals surface area contributed by atoms with Gasteiger partial charge in [-0.05, 0) is 62.7 Å². The van der Waals surface area contributed by atoms with Crippen molar-refractivity contribution in [3.05, 3.63) is 35.1 Å². The molecule has 0 spiro atoms. The lowest BCUT2D eigenvalue weighted by molar-refractivity contribution is 0.191. The Morgan fingerprint density at radius 2 is 2.06 bits per heavy atom. The van der Waals surface area contributed by atoms with E-state index in [-0.39, 0.29) is 5.82 Å². The highest BCUT2D eigenvalue weighted by Crippen LogP contribution is 2.17. The van der Waals surface area contributed by atoms with Crippen molar-refractivity contribution in [1.29, 1.82) is 0 Å². The van der Waals surface area contributed by atoms with Crippen molar-refractivity contribution in [1.82, 2.24) is 10.2 Å². The Bertz CT molecular complexity index is 384. The number of rotatable bonds is 4. The third kappa shape index (κ3) is 3.53. The summed E-state index contributed by atoms with van der Waals surface area (Å²) in [6.45, 7) is 8.35. The van der Waals surface area contributed by atoms with Crippen LogP contribution in [0.5, 0.6) is 0 Å². The monoisotopic (exact) mass is 250 g/mol. The molecule has 0 aromatic heterocycles. The van der Waals surface area contributed by atoms with Gasteiger partial charge in [-0.1, -0.05) is 13.0 Å². The summed E-state index contributed by atoms with van der Waals surface area (Å²) in [5.74, 6) is -0.127. The first-order valence-corrected chi connectivity index (χ1v) is 6.90. The standard InChI is InChI=1S/C15H23FN2/c1-3-17-15-6-8-18(9-7-15)11-13-10-14(16)5-4-12(13)2/h4-5,10,15,17H,3,6-9,11H2,1-2H3. The predicted octanol–water partition coefficient (Wildman–Crippen LogP) is 2.71. The van der Waals surface area contributed by atoms with Gasteiger partial charge in [0.05, 0.1) is 0 Å². The maximum atomic E-state index is 13.2. The molecule has 1 aliphatic heterocycles. The molecular weight excluding hydrogens is 227 g/mol. The van der Waals surface area contributed by atoms with Gasteiger partial charge in [0.1, 0.15) is 5.82 Å². The van der Waals surface area contributed by atoms with E-state index in [9.17, 15) is 4.39 Å². The molecule has 100 valence electrons. The number of piperidine rings is 1. The van der Waals surface area contributed by atoms with Gasteiger partial charge in [-0.3, -0.25) is 4.90 Å². The lowest BCUT2D eigenvalue weighted by Crippen LogP contribution is -2.42. The van der Waals surface area contributed by atoms with E-state index < -0.39 is 0 Å². The van der Waals surface area contributed by atoms with Gasteiger partial charge in [0, 0.05) is 12.6 Å². The molecule has 18 heavy (non-hydrogen) atoms. The number of nitrogens with one attached hydrogen (secondary N) is 1. The fourth-order valence-corrected chi connectivity index (χ4v) is 2.64. The van der Waals surface area contributed by atoms with Crippen molar-refractivity contribution in [3.8, 4) is 0 Å². The summed E-state index contributed by atoms with van der Waals surface area (Å²) in [5.41, 5.74) is 2.31. The van der Waals surface area contributed by atoms with Crippen LogP contribution in [-0.4, -0.2) is 30.6 Å². The summed E-state index contributed by atoms with van der Waals surface area (Å²) < 4.78 is 13.2. The number of hydrogen-bond acceptors (Lipinski definition) is 2. The highest BCUT2D eigenvalue weighted by atomic mass is 19.1. The summed E-state index contributed by atoms with van der Waals surface area (Å²) in [4.78, 5) is 2.43. The molecule has 1 aromatic rings. The Kier molecular flexibility index (Phi) is 4.72. The second kappa shape index (κ2) is 6.30. The molecule has 2 nitrogen and oxygen atoms in total. The maximum absolute atomic E-state index is 13.2. The third-order valence-corrected chi connectivity index (χ3v) is 3.79. The summed E-state index contributed by atoms with van der Waals surface area (Å²) >= 11 is 0. The fraction of sp³-hybridized carbons (Fsp3) is 0.600. The van der Waals surface area contributed by atoms with Crippen LogP contribution in [0.2, 0.25) is 0 Å². The van der Waals surface area contributed by atoms with E-state index in [0.29, 0.717) is 6.04 Å². The van der Waals surface area contributed by atoms with E-state index in [0.717, 1.165) is 31.7 Å². The van der Waals surface area contributed by atoms with Crippen LogP contribution in [0.25, 0.3) is 0 Å². The average Bonchev–Trinajstić information content (AvgIpc) is 2.37. The molecule has 1 aliphatic rings. The first-order chi connectivity index (χ1) is 8.69. The SMILES string of the molecule is CCNC1CCN(Cc2cc(F)ccc2C)CC1. The predicted molar refractivity (Wildman–Crippen MR) is 73.1 cm³/mol. The van der Waals surface area contributed by atoms with E-state index in [2.05, 4.69) is 24.1 Å². The van der Waals surface area contributed by atoms with Crippen LogP contribution in [0.4, 0.5) is 4.39 Å². The molecule has 0 bridgehead atoms. The largest absolute Gasteiger partial charge is 0.314 e. The molecule has 0 saturated carbocycles. The summed E-state index contributed by atoms with van der Waals surface area (Å²) in [5, 5.41) is 3.50. The molecule has 1 aromatic carbocycles. The summed E-state index contributed by atoms with van der Waals surface area (Å²) in [6.07, 6.45) is 2.39. The van der Waals surface area contributed by atoms with E-state index >= 15 is 0 Å². The zero-order chi connectivity index (χ0) is 13.0. The normalized spacial score (nSPS) is 18.2. The second-order valence-electron chi connectivity index (χ2n) is 5.18. The second-order valence-corrected chi connectivity index (χ2v) is 5.18. The molecule has 1 heterocycles. The topological polar surface area (TPSA) is 15.3 Å². The van der Waals surface area contributed by atoms with E-state index in [1.54, 1.807) is 6.07 Å². The van der Waals surface area contributed by atoms with Gasteiger partial charge in [-0.25, -0.2) is 4.39 Å². The van der Waals surface area contributed by atoms with Crippen molar-refractivity contribution in [3.63, 3.8) is 0 Å².